The summed E-state index contributed by atoms with van der Waals surface area (Å²) in [5, 5.41) is 6.60. The van der Waals surface area contributed by atoms with Crippen LogP contribution in [0.4, 0.5) is 0 Å². The molecule has 102 valence electrons. The molecule has 1 atom stereocenters. The molecule has 0 aliphatic rings. The van der Waals surface area contributed by atoms with E-state index in [0.717, 1.165) is 28.2 Å². The Morgan fingerprint density at radius 1 is 1.20 bits per heavy atom. The summed E-state index contributed by atoms with van der Waals surface area (Å²) in [7, 11) is 1.98. The van der Waals surface area contributed by atoms with E-state index in [1.165, 1.54) is 5.56 Å². The molecule has 0 radical (unpaired) electrons. The van der Waals surface area contributed by atoms with E-state index in [2.05, 4.69) is 37.8 Å². The molecule has 0 amide bonds. The lowest BCUT2D eigenvalue weighted by Crippen LogP contribution is -2.18. The van der Waals surface area contributed by atoms with E-state index < -0.39 is 0 Å². The topological polar surface area (TPSA) is 50.7 Å². The first-order valence-corrected chi connectivity index (χ1v) is 7.43. The largest absolute Gasteiger partial charge is 0.313 e. The lowest BCUT2D eigenvalue weighted by atomic mass is 10.0. The Bertz CT molecular complexity index is 722. The summed E-state index contributed by atoms with van der Waals surface area (Å²) in [5.41, 5.74) is 4.16. The highest BCUT2D eigenvalue weighted by Gasteiger charge is 2.13. The number of nitrogens with zero attached hydrogens (tertiary/aromatic N) is 3. The zero-order chi connectivity index (χ0) is 13.9. The van der Waals surface area contributed by atoms with Crippen molar-refractivity contribution in [3.05, 3.63) is 52.2 Å². The van der Waals surface area contributed by atoms with Crippen LogP contribution in [0.2, 0.25) is 0 Å². The first kappa shape index (κ1) is 13.1. The highest BCUT2D eigenvalue weighted by atomic mass is 32.1. The molecule has 1 N–H and O–H groups in total. The molecule has 2 heterocycles. The van der Waals surface area contributed by atoms with Crippen LogP contribution >= 0.6 is 11.3 Å². The summed E-state index contributed by atoms with van der Waals surface area (Å²) in [6, 6.07) is 6.48. The molecule has 20 heavy (non-hydrogen) atoms. The van der Waals surface area contributed by atoms with Gasteiger partial charge in [0.1, 0.15) is 0 Å². The quantitative estimate of drug-likeness (QED) is 0.800. The average Bonchev–Trinajstić information content (AvgIpc) is 2.89. The lowest BCUT2D eigenvalue weighted by Gasteiger charge is -2.15. The molecule has 4 nitrogen and oxygen atoms in total. The third-order valence-electron chi connectivity index (χ3n) is 3.29. The molecule has 1 aromatic carbocycles. The summed E-state index contributed by atoms with van der Waals surface area (Å²) in [6.07, 6.45) is 4.33. The maximum Gasteiger partial charge on any atom is 0.0947 e. The van der Waals surface area contributed by atoms with Gasteiger partial charge < -0.3 is 5.32 Å². The van der Waals surface area contributed by atoms with Gasteiger partial charge in [-0.2, -0.15) is 0 Å². The van der Waals surface area contributed by atoms with Crippen LogP contribution in [0.15, 0.2) is 36.0 Å². The Balaban J connectivity index is 1.90. The van der Waals surface area contributed by atoms with Crippen LogP contribution in [0.1, 0.15) is 22.3 Å². The van der Waals surface area contributed by atoms with Gasteiger partial charge in [0.05, 0.1) is 16.0 Å². The highest BCUT2D eigenvalue weighted by Crippen LogP contribution is 2.22. The zero-order valence-electron chi connectivity index (χ0n) is 11.5. The summed E-state index contributed by atoms with van der Waals surface area (Å²) < 4.78 is 0. The molecular weight excluding hydrogens is 268 g/mol. The first-order chi connectivity index (χ1) is 9.76. The standard InChI is InChI=1S/C15H16N4S/c1-10-9-20-15(19-10)8-13(16-2)11-3-4-12-14(7-11)18-6-5-17-12/h3-7,9,13,16H,8H2,1-2H3. The van der Waals surface area contributed by atoms with Gasteiger partial charge in [-0.3, -0.25) is 9.97 Å². The summed E-state index contributed by atoms with van der Waals surface area (Å²) in [6.45, 7) is 2.03. The van der Waals surface area contributed by atoms with Crippen molar-refractivity contribution in [1.82, 2.24) is 20.3 Å². The van der Waals surface area contributed by atoms with E-state index in [9.17, 15) is 0 Å². The number of aromatic nitrogens is 3. The Hall–Kier alpha value is -1.85. The molecule has 3 rings (SSSR count). The Kier molecular flexibility index (Phi) is 3.71. The van der Waals surface area contributed by atoms with Gasteiger partial charge in [0.25, 0.3) is 0 Å². The van der Waals surface area contributed by atoms with Gasteiger partial charge in [-0.15, -0.1) is 11.3 Å². The van der Waals surface area contributed by atoms with Crippen molar-refractivity contribution < 1.29 is 0 Å². The summed E-state index contributed by atoms with van der Waals surface area (Å²) in [5.74, 6) is 0. The molecule has 0 aliphatic heterocycles. The summed E-state index contributed by atoms with van der Waals surface area (Å²) >= 11 is 1.71. The highest BCUT2D eigenvalue weighted by molar-refractivity contribution is 7.09. The molecule has 0 aliphatic carbocycles. The Morgan fingerprint density at radius 2 is 2.00 bits per heavy atom. The number of hydrogen-bond donors (Lipinski definition) is 1. The molecule has 0 saturated carbocycles. The molecule has 1 unspecified atom stereocenters. The minimum atomic E-state index is 0.243. The second-order valence-electron chi connectivity index (χ2n) is 4.73. The Labute approximate surface area is 121 Å². The van der Waals surface area contributed by atoms with Crippen molar-refractivity contribution in [2.75, 3.05) is 7.05 Å². The minimum Gasteiger partial charge on any atom is -0.313 e. The van der Waals surface area contributed by atoms with Gasteiger partial charge >= 0.3 is 0 Å². The minimum absolute atomic E-state index is 0.243. The first-order valence-electron chi connectivity index (χ1n) is 6.55. The van der Waals surface area contributed by atoms with Crippen LogP contribution < -0.4 is 5.32 Å². The number of likely N-dealkylation sites (N-methyl/N-ethyl adjacent to an activating group) is 1. The van der Waals surface area contributed by atoms with Gasteiger partial charge in [-0.1, -0.05) is 6.07 Å². The second-order valence-corrected chi connectivity index (χ2v) is 5.68. The molecule has 0 bridgehead atoms. The van der Waals surface area contributed by atoms with E-state index in [0.29, 0.717) is 0 Å². The number of aryl methyl sites for hydroxylation is 1. The molecular formula is C15H16N4S. The normalized spacial score (nSPS) is 12.7. The maximum atomic E-state index is 4.54. The van der Waals surface area contributed by atoms with Crippen molar-refractivity contribution in [2.24, 2.45) is 0 Å². The molecule has 0 spiro atoms. The molecule has 3 aromatic rings. The van der Waals surface area contributed by atoms with Crippen LogP contribution in [-0.2, 0) is 6.42 Å². The molecule has 5 heteroatoms. The van der Waals surface area contributed by atoms with Gasteiger partial charge in [0.15, 0.2) is 0 Å². The molecule has 0 fully saturated rings. The van der Waals surface area contributed by atoms with Crippen molar-refractivity contribution in [2.45, 2.75) is 19.4 Å². The monoisotopic (exact) mass is 284 g/mol. The third kappa shape index (κ3) is 2.69. The van der Waals surface area contributed by atoms with Gasteiger partial charge in [0.2, 0.25) is 0 Å². The number of benzene rings is 1. The van der Waals surface area contributed by atoms with Gasteiger partial charge in [-0.25, -0.2) is 4.98 Å². The van der Waals surface area contributed by atoms with Crippen LogP contribution in [-0.4, -0.2) is 22.0 Å². The van der Waals surface area contributed by atoms with Crippen molar-refractivity contribution >= 4 is 22.4 Å². The lowest BCUT2D eigenvalue weighted by molar-refractivity contribution is 0.590. The molecule has 2 aromatic heterocycles. The molecule has 0 saturated heterocycles. The van der Waals surface area contributed by atoms with Gasteiger partial charge in [0, 0.05) is 35.9 Å². The fraction of sp³-hybridized carbons (Fsp3) is 0.267. The predicted octanol–water partition coefficient (Wildman–Crippen LogP) is 2.90. The van der Waals surface area contributed by atoms with E-state index >= 15 is 0 Å². The van der Waals surface area contributed by atoms with Crippen LogP contribution in [0.25, 0.3) is 11.0 Å². The predicted molar refractivity (Wildman–Crippen MR) is 81.9 cm³/mol. The van der Waals surface area contributed by atoms with E-state index in [1.807, 2.05) is 20.0 Å². The number of nitrogens with one attached hydrogen (secondary N) is 1. The number of hydrogen-bond acceptors (Lipinski definition) is 5. The van der Waals surface area contributed by atoms with Crippen LogP contribution in [0.3, 0.4) is 0 Å². The Morgan fingerprint density at radius 3 is 2.70 bits per heavy atom. The fourth-order valence-electron chi connectivity index (χ4n) is 2.25. The smallest absolute Gasteiger partial charge is 0.0947 e. The van der Waals surface area contributed by atoms with Crippen molar-refractivity contribution in [1.29, 1.82) is 0 Å². The maximum absolute atomic E-state index is 4.54. The SMILES string of the molecule is CNC(Cc1nc(C)cs1)c1ccc2nccnc2c1. The van der Waals surface area contributed by atoms with Crippen molar-refractivity contribution in [3.63, 3.8) is 0 Å². The fourth-order valence-corrected chi connectivity index (χ4v) is 3.07. The van der Waals surface area contributed by atoms with E-state index in [1.54, 1.807) is 23.7 Å². The van der Waals surface area contributed by atoms with Crippen LogP contribution in [0.5, 0.6) is 0 Å². The number of rotatable bonds is 4. The summed E-state index contributed by atoms with van der Waals surface area (Å²) in [4.78, 5) is 13.2. The third-order valence-corrected chi connectivity index (χ3v) is 4.28. The number of thiazole rings is 1. The average molecular weight is 284 g/mol. The van der Waals surface area contributed by atoms with Crippen molar-refractivity contribution in [3.8, 4) is 0 Å². The van der Waals surface area contributed by atoms with E-state index in [-0.39, 0.29) is 6.04 Å². The van der Waals surface area contributed by atoms with Gasteiger partial charge in [-0.05, 0) is 31.7 Å². The number of fused-ring (bicyclic) bond motifs is 1. The van der Waals surface area contributed by atoms with Crippen LogP contribution in [0, 0.1) is 6.92 Å². The second kappa shape index (κ2) is 5.64. The zero-order valence-corrected chi connectivity index (χ0v) is 12.3. The van der Waals surface area contributed by atoms with E-state index in [4.69, 9.17) is 0 Å².